The standard InChI is InChI=1S/C58H44N2/c1-58(51-29-15-13-26-47(51)42-21-7-3-8-22-42)52-30-16-14-28-49(52)56(48-27-12-11-25-46(48)41-19-5-2-6-20-41)50-38-37-44(39-53(50)58)40-33-35-43(36-34-40)57-59-54-31-17-18-32-55(54)60(57)45-23-9-4-10-24-45/h2-5,7-19,21-39,53H,6,20H2,1H3. The molecule has 0 saturated heterocycles. The summed E-state index contributed by atoms with van der Waals surface area (Å²) in [4.78, 5) is 5.16. The lowest BCUT2D eigenvalue weighted by Crippen LogP contribution is -2.39. The minimum Gasteiger partial charge on any atom is -0.292 e. The van der Waals surface area contributed by atoms with Crippen LogP contribution in [0.1, 0.15) is 53.1 Å². The van der Waals surface area contributed by atoms with Gasteiger partial charge < -0.3 is 0 Å². The van der Waals surface area contributed by atoms with Crippen LogP contribution in [0.3, 0.4) is 0 Å². The Bertz CT molecular complexity index is 3080. The summed E-state index contributed by atoms with van der Waals surface area (Å²) in [6, 6.07) is 66.2. The summed E-state index contributed by atoms with van der Waals surface area (Å²) in [7, 11) is 0. The van der Waals surface area contributed by atoms with E-state index in [2.05, 4.69) is 230 Å². The van der Waals surface area contributed by atoms with Gasteiger partial charge in [-0.25, -0.2) is 4.98 Å². The first-order valence-electron chi connectivity index (χ1n) is 21.1. The fourth-order valence-corrected chi connectivity index (χ4v) is 10.1. The average molecular weight is 769 g/mol. The van der Waals surface area contributed by atoms with Crippen LogP contribution in [-0.4, -0.2) is 9.55 Å². The van der Waals surface area contributed by atoms with Crippen LogP contribution in [0.2, 0.25) is 0 Å². The topological polar surface area (TPSA) is 17.8 Å². The van der Waals surface area contributed by atoms with Crippen molar-refractivity contribution < 1.29 is 0 Å². The van der Waals surface area contributed by atoms with Crippen molar-refractivity contribution in [3.05, 3.63) is 257 Å². The van der Waals surface area contributed by atoms with E-state index in [1.807, 2.05) is 0 Å². The molecule has 3 aliphatic carbocycles. The van der Waals surface area contributed by atoms with Gasteiger partial charge >= 0.3 is 0 Å². The summed E-state index contributed by atoms with van der Waals surface area (Å²) in [5.74, 6) is 0.982. The molecule has 0 spiro atoms. The van der Waals surface area contributed by atoms with Gasteiger partial charge in [-0.05, 0) is 104 Å². The van der Waals surface area contributed by atoms with E-state index in [1.165, 1.54) is 66.8 Å². The number of rotatable bonds is 7. The molecule has 0 saturated carbocycles. The lowest BCUT2D eigenvalue weighted by molar-refractivity contribution is 0.465. The number of para-hydroxylation sites is 3. The predicted octanol–water partition coefficient (Wildman–Crippen LogP) is 14.5. The van der Waals surface area contributed by atoms with Crippen LogP contribution >= 0.6 is 0 Å². The predicted molar refractivity (Wildman–Crippen MR) is 251 cm³/mol. The van der Waals surface area contributed by atoms with Gasteiger partial charge in [0.05, 0.1) is 11.0 Å². The summed E-state index contributed by atoms with van der Waals surface area (Å²) < 4.78 is 2.27. The van der Waals surface area contributed by atoms with Crippen molar-refractivity contribution in [1.29, 1.82) is 0 Å². The Morgan fingerprint density at radius 2 is 1.17 bits per heavy atom. The Hall–Kier alpha value is -7.29. The second-order valence-electron chi connectivity index (χ2n) is 16.3. The van der Waals surface area contributed by atoms with E-state index in [1.54, 1.807) is 0 Å². The molecule has 0 fully saturated rings. The number of hydrogen-bond donors (Lipinski definition) is 0. The van der Waals surface area contributed by atoms with Crippen LogP contribution in [0.5, 0.6) is 0 Å². The van der Waals surface area contributed by atoms with E-state index in [9.17, 15) is 0 Å². The molecule has 1 heterocycles. The van der Waals surface area contributed by atoms with Crippen LogP contribution in [0.4, 0.5) is 0 Å². The lowest BCUT2D eigenvalue weighted by Gasteiger charge is -2.46. The number of hydrogen-bond acceptors (Lipinski definition) is 1. The second kappa shape index (κ2) is 14.8. The van der Waals surface area contributed by atoms with Gasteiger partial charge in [-0.15, -0.1) is 0 Å². The first-order chi connectivity index (χ1) is 29.7. The van der Waals surface area contributed by atoms with E-state index in [0.29, 0.717) is 0 Å². The lowest BCUT2D eigenvalue weighted by atomic mass is 9.56. The highest BCUT2D eigenvalue weighted by atomic mass is 15.1. The number of fused-ring (bicyclic) bond motifs is 3. The maximum absolute atomic E-state index is 5.16. The summed E-state index contributed by atoms with van der Waals surface area (Å²) >= 11 is 0. The molecule has 2 atom stereocenters. The fourth-order valence-electron chi connectivity index (χ4n) is 10.1. The summed E-state index contributed by atoms with van der Waals surface area (Å²) in [5.41, 5.74) is 19.5. The SMILES string of the molecule is CC1(c2ccccc2-c2ccccc2)c2ccccc2C(c2ccccc2C2=CC=CCC2)=C2C=CC(c3ccc(-c4nc5ccccc5n4-c4ccccc4)cc3)=CC21. The highest BCUT2D eigenvalue weighted by Gasteiger charge is 2.46. The van der Waals surface area contributed by atoms with Crippen LogP contribution in [-0.2, 0) is 5.41 Å². The van der Waals surface area contributed by atoms with Crippen LogP contribution in [0.25, 0.3) is 56.0 Å². The van der Waals surface area contributed by atoms with Gasteiger partial charge in [0.1, 0.15) is 5.82 Å². The van der Waals surface area contributed by atoms with Crippen molar-refractivity contribution in [2.24, 2.45) is 5.92 Å². The smallest absolute Gasteiger partial charge is 0.145 e. The molecule has 0 radical (unpaired) electrons. The Balaban J connectivity index is 1.10. The van der Waals surface area contributed by atoms with E-state index in [4.69, 9.17) is 4.98 Å². The van der Waals surface area contributed by atoms with Crippen molar-refractivity contribution in [2.45, 2.75) is 25.2 Å². The maximum Gasteiger partial charge on any atom is 0.145 e. The number of imidazole rings is 1. The third kappa shape index (κ3) is 5.90. The van der Waals surface area contributed by atoms with Crippen LogP contribution in [0.15, 0.2) is 224 Å². The third-order valence-electron chi connectivity index (χ3n) is 13.0. The summed E-state index contributed by atoms with van der Waals surface area (Å²) in [6.07, 6.45) is 16.3. The van der Waals surface area contributed by atoms with E-state index >= 15 is 0 Å². The number of aromatic nitrogens is 2. The molecule has 1 aromatic heterocycles. The van der Waals surface area contributed by atoms with E-state index < -0.39 is 0 Å². The molecule has 2 unspecified atom stereocenters. The normalized spacial score (nSPS) is 18.2. The fraction of sp³-hybridized carbons (Fsp3) is 0.0862. The average Bonchev–Trinajstić information content (AvgIpc) is 3.72. The van der Waals surface area contributed by atoms with Gasteiger partial charge in [0.15, 0.2) is 0 Å². The Kier molecular flexibility index (Phi) is 8.85. The van der Waals surface area contributed by atoms with Crippen molar-refractivity contribution >= 4 is 27.8 Å². The monoisotopic (exact) mass is 768 g/mol. The first kappa shape index (κ1) is 35.8. The largest absolute Gasteiger partial charge is 0.292 e. The van der Waals surface area contributed by atoms with Gasteiger partial charge in [-0.3, -0.25) is 4.57 Å². The molecule has 286 valence electrons. The highest BCUT2D eigenvalue weighted by molar-refractivity contribution is 5.96. The minimum absolute atomic E-state index is 0.0440. The highest BCUT2D eigenvalue weighted by Crippen LogP contribution is 2.57. The Morgan fingerprint density at radius 3 is 1.92 bits per heavy atom. The molecule has 0 aliphatic heterocycles. The van der Waals surface area contributed by atoms with Gasteiger partial charge in [-0.1, -0.05) is 201 Å². The molecular weight excluding hydrogens is 725 g/mol. The molecule has 0 bridgehead atoms. The third-order valence-corrected chi connectivity index (χ3v) is 13.0. The number of nitrogens with zero attached hydrogens (tertiary/aromatic N) is 2. The second-order valence-corrected chi connectivity index (χ2v) is 16.3. The zero-order chi connectivity index (χ0) is 40.0. The molecule has 11 rings (SSSR count). The van der Waals surface area contributed by atoms with Gasteiger partial charge in [-0.2, -0.15) is 0 Å². The number of benzene rings is 7. The Morgan fingerprint density at radius 1 is 0.550 bits per heavy atom. The zero-order valence-electron chi connectivity index (χ0n) is 33.7. The Labute approximate surface area is 352 Å². The van der Waals surface area contributed by atoms with Gasteiger partial charge in [0.25, 0.3) is 0 Å². The van der Waals surface area contributed by atoms with Crippen molar-refractivity contribution in [3.8, 4) is 28.2 Å². The molecule has 2 heteroatoms. The maximum atomic E-state index is 5.16. The summed E-state index contributed by atoms with van der Waals surface area (Å²) in [6.45, 7) is 2.49. The van der Waals surface area contributed by atoms with E-state index in [-0.39, 0.29) is 11.3 Å². The molecule has 0 amide bonds. The summed E-state index contributed by atoms with van der Waals surface area (Å²) in [5, 5.41) is 0. The first-order valence-corrected chi connectivity index (χ1v) is 21.1. The number of allylic oxidation sites excluding steroid dienone is 9. The van der Waals surface area contributed by atoms with Crippen LogP contribution in [0, 0.1) is 5.92 Å². The molecule has 7 aromatic carbocycles. The van der Waals surface area contributed by atoms with Crippen molar-refractivity contribution in [1.82, 2.24) is 9.55 Å². The van der Waals surface area contributed by atoms with E-state index in [0.717, 1.165) is 41.0 Å². The zero-order valence-corrected chi connectivity index (χ0v) is 33.7. The molecule has 8 aromatic rings. The molecule has 2 nitrogen and oxygen atoms in total. The quantitative estimate of drug-likeness (QED) is 0.158. The molecule has 3 aliphatic rings. The van der Waals surface area contributed by atoms with Crippen molar-refractivity contribution in [2.75, 3.05) is 0 Å². The van der Waals surface area contributed by atoms with Gasteiger partial charge in [0, 0.05) is 22.6 Å². The van der Waals surface area contributed by atoms with Crippen LogP contribution < -0.4 is 0 Å². The van der Waals surface area contributed by atoms with Crippen molar-refractivity contribution in [3.63, 3.8) is 0 Å². The molecule has 60 heavy (non-hydrogen) atoms. The minimum atomic E-state index is -0.389. The van der Waals surface area contributed by atoms with Gasteiger partial charge in [0.2, 0.25) is 0 Å². The molecule has 0 N–H and O–H groups in total. The molecular formula is C58H44N2.